The number of piperidine rings is 1. The van der Waals surface area contributed by atoms with Gasteiger partial charge in [-0.05, 0) is 31.4 Å². The lowest BCUT2D eigenvalue weighted by atomic mass is 9.91. The highest BCUT2D eigenvalue weighted by Crippen LogP contribution is 2.32. The summed E-state index contributed by atoms with van der Waals surface area (Å²) < 4.78 is 0. The summed E-state index contributed by atoms with van der Waals surface area (Å²) in [5.74, 6) is -0.0220. The molecule has 1 amide bonds. The molecule has 2 fully saturated rings. The second-order valence-corrected chi connectivity index (χ2v) is 5.42. The molecule has 2 saturated heterocycles. The Morgan fingerprint density at radius 1 is 1.55 bits per heavy atom. The number of aromatic nitrogens is 1. The summed E-state index contributed by atoms with van der Waals surface area (Å²) in [5.41, 5.74) is 1.03. The van der Waals surface area contributed by atoms with Crippen molar-refractivity contribution in [3.05, 3.63) is 23.4 Å². The number of hydrogen-bond acceptors (Lipinski definition) is 4. The third-order valence-electron chi connectivity index (χ3n) is 4.17. The fourth-order valence-corrected chi connectivity index (χ4v) is 3.20. The van der Waals surface area contributed by atoms with Crippen molar-refractivity contribution >= 4 is 17.7 Å². The Kier molecular flexibility index (Phi) is 3.08. The van der Waals surface area contributed by atoms with E-state index < -0.39 is 5.97 Å². The first-order chi connectivity index (χ1) is 9.58. The van der Waals surface area contributed by atoms with Crippen molar-refractivity contribution in [2.45, 2.75) is 25.8 Å². The number of nitrogens with zero attached hydrogens (tertiary/aromatic N) is 2. The molecule has 0 bridgehead atoms. The number of amides is 1. The van der Waals surface area contributed by atoms with E-state index in [4.69, 9.17) is 5.11 Å². The summed E-state index contributed by atoms with van der Waals surface area (Å²) in [7, 11) is 0. The number of aryl methyl sites for hydroxylation is 1. The SMILES string of the molecule is Cc1cc(C(=O)O)cnc1N1CCCC2C(=O)NCC21. The van der Waals surface area contributed by atoms with E-state index in [1.807, 2.05) is 6.92 Å². The first-order valence-electron chi connectivity index (χ1n) is 6.82. The molecule has 6 nitrogen and oxygen atoms in total. The van der Waals surface area contributed by atoms with Crippen LogP contribution >= 0.6 is 0 Å². The van der Waals surface area contributed by atoms with Gasteiger partial charge >= 0.3 is 5.97 Å². The second kappa shape index (κ2) is 4.77. The molecule has 3 heterocycles. The average Bonchev–Trinajstić information content (AvgIpc) is 2.81. The molecule has 1 aromatic rings. The zero-order valence-corrected chi connectivity index (χ0v) is 11.3. The van der Waals surface area contributed by atoms with Crippen molar-refractivity contribution in [3.8, 4) is 0 Å². The first kappa shape index (κ1) is 12.9. The van der Waals surface area contributed by atoms with Gasteiger partial charge in [0.2, 0.25) is 5.91 Å². The molecule has 20 heavy (non-hydrogen) atoms. The Morgan fingerprint density at radius 3 is 3.05 bits per heavy atom. The number of pyridine rings is 1. The lowest BCUT2D eigenvalue weighted by Crippen LogP contribution is -2.46. The van der Waals surface area contributed by atoms with Crippen LogP contribution in [0.15, 0.2) is 12.3 Å². The molecular weight excluding hydrogens is 258 g/mol. The van der Waals surface area contributed by atoms with Crippen LogP contribution in [-0.4, -0.2) is 41.1 Å². The van der Waals surface area contributed by atoms with Gasteiger partial charge in [-0.2, -0.15) is 0 Å². The molecule has 2 unspecified atom stereocenters. The van der Waals surface area contributed by atoms with E-state index in [-0.39, 0.29) is 23.4 Å². The average molecular weight is 275 g/mol. The van der Waals surface area contributed by atoms with Crippen LogP contribution in [0.25, 0.3) is 0 Å². The molecule has 3 rings (SSSR count). The molecular formula is C14H17N3O3. The predicted octanol–water partition coefficient (Wildman–Crippen LogP) is 0.803. The van der Waals surface area contributed by atoms with Crippen LogP contribution in [0, 0.1) is 12.8 Å². The molecule has 0 aliphatic carbocycles. The maximum atomic E-state index is 11.8. The molecule has 0 saturated carbocycles. The standard InChI is InChI=1S/C14H17N3O3/c1-8-5-9(14(19)20)6-15-12(8)17-4-2-3-10-11(17)7-16-13(10)18/h5-6,10-11H,2-4,7H2,1H3,(H,16,18)(H,19,20). The van der Waals surface area contributed by atoms with Gasteiger partial charge in [0, 0.05) is 19.3 Å². The number of rotatable bonds is 2. The monoisotopic (exact) mass is 275 g/mol. The summed E-state index contributed by atoms with van der Waals surface area (Å²) in [5, 5.41) is 11.9. The number of carboxylic acids is 1. The number of aromatic carboxylic acids is 1. The topological polar surface area (TPSA) is 82.5 Å². The number of carbonyl (C=O) groups is 2. The second-order valence-electron chi connectivity index (χ2n) is 5.42. The van der Waals surface area contributed by atoms with Crippen LogP contribution < -0.4 is 10.2 Å². The molecule has 2 aliphatic heterocycles. The quantitative estimate of drug-likeness (QED) is 0.834. The minimum absolute atomic E-state index is 0.0316. The van der Waals surface area contributed by atoms with E-state index in [9.17, 15) is 9.59 Å². The highest BCUT2D eigenvalue weighted by molar-refractivity contribution is 5.88. The van der Waals surface area contributed by atoms with Crippen LogP contribution in [-0.2, 0) is 4.79 Å². The van der Waals surface area contributed by atoms with Gasteiger partial charge in [-0.1, -0.05) is 0 Å². The number of fused-ring (bicyclic) bond motifs is 1. The fraction of sp³-hybridized carbons (Fsp3) is 0.500. The number of anilines is 1. The normalized spacial score (nSPS) is 25.2. The molecule has 0 spiro atoms. The molecule has 0 aromatic carbocycles. The smallest absolute Gasteiger partial charge is 0.337 e. The van der Waals surface area contributed by atoms with Gasteiger partial charge in [-0.3, -0.25) is 4.79 Å². The summed E-state index contributed by atoms with van der Waals surface area (Å²) in [6.45, 7) is 3.37. The van der Waals surface area contributed by atoms with Crippen molar-refractivity contribution < 1.29 is 14.7 Å². The van der Waals surface area contributed by atoms with Gasteiger partial charge in [0.1, 0.15) is 5.82 Å². The van der Waals surface area contributed by atoms with Crippen molar-refractivity contribution in [2.75, 3.05) is 18.0 Å². The van der Waals surface area contributed by atoms with E-state index in [0.717, 1.165) is 30.8 Å². The number of hydrogen-bond donors (Lipinski definition) is 2. The van der Waals surface area contributed by atoms with Crippen LogP contribution in [0.2, 0.25) is 0 Å². The van der Waals surface area contributed by atoms with Gasteiger partial charge in [0.15, 0.2) is 0 Å². The minimum atomic E-state index is -0.971. The van der Waals surface area contributed by atoms with Crippen molar-refractivity contribution in [3.63, 3.8) is 0 Å². The summed E-state index contributed by atoms with van der Waals surface area (Å²) >= 11 is 0. The molecule has 2 N–H and O–H groups in total. The van der Waals surface area contributed by atoms with E-state index in [1.165, 1.54) is 6.20 Å². The van der Waals surface area contributed by atoms with Gasteiger partial charge in [-0.25, -0.2) is 9.78 Å². The Balaban J connectivity index is 1.92. The predicted molar refractivity (Wildman–Crippen MR) is 72.8 cm³/mol. The highest BCUT2D eigenvalue weighted by atomic mass is 16.4. The van der Waals surface area contributed by atoms with Crippen molar-refractivity contribution in [1.82, 2.24) is 10.3 Å². The zero-order chi connectivity index (χ0) is 14.3. The van der Waals surface area contributed by atoms with E-state index >= 15 is 0 Å². The van der Waals surface area contributed by atoms with Crippen LogP contribution in [0.1, 0.15) is 28.8 Å². The van der Waals surface area contributed by atoms with E-state index in [2.05, 4.69) is 15.2 Å². The Morgan fingerprint density at radius 2 is 2.35 bits per heavy atom. The third kappa shape index (κ3) is 2.01. The van der Waals surface area contributed by atoms with E-state index in [0.29, 0.717) is 6.54 Å². The third-order valence-corrected chi connectivity index (χ3v) is 4.17. The van der Waals surface area contributed by atoms with Crippen LogP contribution in [0.3, 0.4) is 0 Å². The lowest BCUT2D eigenvalue weighted by Gasteiger charge is -2.37. The summed E-state index contributed by atoms with van der Waals surface area (Å²) in [6.07, 6.45) is 3.26. The molecule has 1 aromatic heterocycles. The number of carboxylic acid groups (broad SMARTS) is 1. The summed E-state index contributed by atoms with van der Waals surface area (Å²) in [6, 6.07) is 1.77. The van der Waals surface area contributed by atoms with Crippen LogP contribution in [0.5, 0.6) is 0 Å². The Bertz CT molecular complexity index is 573. The molecule has 2 aliphatic rings. The molecule has 0 radical (unpaired) electrons. The Hall–Kier alpha value is -2.11. The summed E-state index contributed by atoms with van der Waals surface area (Å²) in [4.78, 5) is 29.2. The maximum Gasteiger partial charge on any atom is 0.337 e. The first-order valence-corrected chi connectivity index (χ1v) is 6.82. The zero-order valence-electron chi connectivity index (χ0n) is 11.3. The molecule has 106 valence electrons. The number of carbonyl (C=O) groups excluding carboxylic acids is 1. The van der Waals surface area contributed by atoms with Crippen molar-refractivity contribution in [1.29, 1.82) is 0 Å². The molecule has 6 heteroatoms. The largest absolute Gasteiger partial charge is 0.478 e. The van der Waals surface area contributed by atoms with Gasteiger partial charge in [0.25, 0.3) is 0 Å². The van der Waals surface area contributed by atoms with Gasteiger partial charge < -0.3 is 15.3 Å². The van der Waals surface area contributed by atoms with Crippen LogP contribution in [0.4, 0.5) is 5.82 Å². The van der Waals surface area contributed by atoms with Crippen molar-refractivity contribution in [2.24, 2.45) is 5.92 Å². The Labute approximate surface area is 116 Å². The fourth-order valence-electron chi connectivity index (χ4n) is 3.20. The highest BCUT2D eigenvalue weighted by Gasteiger charge is 2.41. The maximum absolute atomic E-state index is 11.8. The lowest BCUT2D eigenvalue weighted by molar-refractivity contribution is -0.123. The minimum Gasteiger partial charge on any atom is -0.478 e. The van der Waals surface area contributed by atoms with Gasteiger partial charge in [0.05, 0.1) is 17.5 Å². The molecule has 2 atom stereocenters. The van der Waals surface area contributed by atoms with Gasteiger partial charge in [-0.15, -0.1) is 0 Å². The number of nitrogens with one attached hydrogen (secondary N) is 1. The van der Waals surface area contributed by atoms with E-state index in [1.54, 1.807) is 6.07 Å².